The maximum absolute atomic E-state index is 13.9. The topological polar surface area (TPSA) is 64.7 Å². The van der Waals surface area contributed by atoms with Crippen LogP contribution in [-0.2, 0) is 17.5 Å². The fourth-order valence-electron chi connectivity index (χ4n) is 5.09. The van der Waals surface area contributed by atoms with Crippen LogP contribution in [0.4, 0.5) is 18.9 Å². The van der Waals surface area contributed by atoms with Crippen molar-refractivity contribution in [1.29, 1.82) is 0 Å². The predicted molar refractivity (Wildman–Crippen MR) is 155 cm³/mol. The molecule has 2 atom stereocenters. The Hall–Kier alpha value is -3.33. The molecule has 2 unspecified atom stereocenters. The summed E-state index contributed by atoms with van der Waals surface area (Å²) in [6.45, 7) is 15.4. The number of carbonyl (C=O) groups excluding carboxylic acids is 2. The number of rotatable bonds is 9. The smallest absolute Gasteiger partial charge is 0.368 e. The summed E-state index contributed by atoms with van der Waals surface area (Å²) in [5.41, 5.74) is 1.29. The van der Waals surface area contributed by atoms with Crippen molar-refractivity contribution < 1.29 is 22.8 Å². The summed E-state index contributed by atoms with van der Waals surface area (Å²) in [5, 5.41) is 4.95. The van der Waals surface area contributed by atoms with Gasteiger partial charge in [-0.3, -0.25) is 14.5 Å². The van der Waals surface area contributed by atoms with Gasteiger partial charge >= 0.3 is 6.18 Å². The minimum Gasteiger partial charge on any atom is -0.368 e. The fourth-order valence-corrected chi connectivity index (χ4v) is 5.09. The molecule has 0 radical (unpaired) electrons. The number of amides is 2. The third kappa shape index (κ3) is 8.34. The largest absolute Gasteiger partial charge is 0.416 e. The number of benzene rings is 2. The average Bonchev–Trinajstić information content (AvgIpc) is 2.94. The molecule has 2 amide bonds. The van der Waals surface area contributed by atoms with Gasteiger partial charge in [0.2, 0.25) is 5.91 Å². The van der Waals surface area contributed by atoms with E-state index in [1.54, 1.807) is 6.92 Å². The summed E-state index contributed by atoms with van der Waals surface area (Å²) in [4.78, 5) is 29.1. The highest BCUT2D eigenvalue weighted by Crippen LogP contribution is 2.37. The molecule has 40 heavy (non-hydrogen) atoms. The van der Waals surface area contributed by atoms with Gasteiger partial charge in [-0.2, -0.15) is 13.2 Å². The van der Waals surface area contributed by atoms with E-state index in [-0.39, 0.29) is 29.8 Å². The number of nitrogens with one attached hydrogen (secondary N) is 2. The number of likely N-dealkylation sites (N-methyl/N-ethyl adjacent to an activating group) is 1. The molecule has 1 saturated heterocycles. The van der Waals surface area contributed by atoms with Crippen LogP contribution in [0.3, 0.4) is 0 Å². The molecule has 0 aromatic heterocycles. The second-order valence-corrected chi connectivity index (χ2v) is 9.80. The molecule has 1 aliphatic heterocycles. The molecule has 1 aliphatic rings. The van der Waals surface area contributed by atoms with E-state index < -0.39 is 23.6 Å². The summed E-state index contributed by atoms with van der Waals surface area (Å²) >= 11 is 0. The van der Waals surface area contributed by atoms with Gasteiger partial charge in [-0.05, 0) is 56.9 Å². The molecule has 0 spiro atoms. The minimum absolute atomic E-state index is 0.0353. The SMILES string of the molecule is C=C(CNC(=O)c1cc(C(F)(F)F)cc(N(CC)C2CCN(Cc3ccccc3)C(C)C2)c1C)C(=O)NC.CC. The maximum atomic E-state index is 13.9. The molecule has 9 heteroatoms. The van der Waals surface area contributed by atoms with Crippen LogP contribution in [-0.4, -0.2) is 55.5 Å². The van der Waals surface area contributed by atoms with Crippen LogP contribution in [0.5, 0.6) is 0 Å². The maximum Gasteiger partial charge on any atom is 0.416 e. The van der Waals surface area contributed by atoms with E-state index in [9.17, 15) is 22.8 Å². The lowest BCUT2D eigenvalue weighted by atomic mass is 9.93. The van der Waals surface area contributed by atoms with Gasteiger partial charge in [0, 0.05) is 62.1 Å². The highest BCUT2D eigenvalue weighted by atomic mass is 19.4. The first-order chi connectivity index (χ1) is 19.0. The Morgan fingerprint density at radius 2 is 1.80 bits per heavy atom. The van der Waals surface area contributed by atoms with Gasteiger partial charge in [-0.25, -0.2) is 0 Å². The fraction of sp³-hybridized carbons (Fsp3) is 0.484. The van der Waals surface area contributed by atoms with Crippen molar-refractivity contribution in [1.82, 2.24) is 15.5 Å². The van der Waals surface area contributed by atoms with Crippen LogP contribution < -0.4 is 15.5 Å². The quantitative estimate of drug-likeness (QED) is 0.372. The van der Waals surface area contributed by atoms with Crippen LogP contribution in [0.2, 0.25) is 0 Å². The first-order valence-corrected chi connectivity index (χ1v) is 13.9. The van der Waals surface area contributed by atoms with Gasteiger partial charge in [-0.15, -0.1) is 0 Å². The lowest BCUT2D eigenvalue weighted by Gasteiger charge is -2.43. The Morgan fingerprint density at radius 1 is 1.15 bits per heavy atom. The lowest BCUT2D eigenvalue weighted by Crippen LogP contribution is -2.49. The first-order valence-electron chi connectivity index (χ1n) is 13.9. The van der Waals surface area contributed by atoms with Crippen LogP contribution in [0.15, 0.2) is 54.6 Å². The van der Waals surface area contributed by atoms with E-state index in [0.29, 0.717) is 17.8 Å². The van der Waals surface area contributed by atoms with E-state index in [0.717, 1.165) is 38.1 Å². The molecule has 220 valence electrons. The number of likely N-dealkylation sites (tertiary alicyclic amines) is 1. The van der Waals surface area contributed by atoms with Gasteiger partial charge in [-0.1, -0.05) is 50.8 Å². The van der Waals surface area contributed by atoms with Crippen LogP contribution in [0, 0.1) is 6.92 Å². The van der Waals surface area contributed by atoms with Gasteiger partial charge < -0.3 is 15.5 Å². The van der Waals surface area contributed by atoms with Crippen molar-refractivity contribution in [2.75, 3.05) is 31.6 Å². The van der Waals surface area contributed by atoms with Crippen LogP contribution >= 0.6 is 0 Å². The second-order valence-electron chi connectivity index (χ2n) is 9.80. The van der Waals surface area contributed by atoms with Crippen molar-refractivity contribution in [2.45, 2.75) is 72.3 Å². The summed E-state index contributed by atoms with van der Waals surface area (Å²) in [7, 11) is 1.44. The van der Waals surface area contributed by atoms with Crippen molar-refractivity contribution in [2.24, 2.45) is 0 Å². The zero-order valence-electron chi connectivity index (χ0n) is 24.5. The highest BCUT2D eigenvalue weighted by molar-refractivity contribution is 5.99. The Balaban J connectivity index is 0.00000274. The molecule has 3 rings (SSSR count). The number of nitrogens with zero attached hydrogens (tertiary/aromatic N) is 2. The van der Waals surface area contributed by atoms with Gasteiger partial charge in [0.05, 0.1) is 5.56 Å². The third-order valence-electron chi connectivity index (χ3n) is 7.27. The van der Waals surface area contributed by atoms with Crippen molar-refractivity contribution >= 4 is 17.5 Å². The molecule has 0 saturated carbocycles. The first kappa shape index (κ1) is 32.9. The monoisotopic (exact) mass is 560 g/mol. The molecule has 2 aromatic rings. The zero-order chi connectivity index (χ0) is 30.0. The molecular weight excluding hydrogens is 517 g/mol. The Labute approximate surface area is 236 Å². The molecule has 0 aliphatic carbocycles. The summed E-state index contributed by atoms with van der Waals surface area (Å²) in [5.74, 6) is -1.13. The van der Waals surface area contributed by atoms with E-state index in [1.165, 1.54) is 12.6 Å². The highest BCUT2D eigenvalue weighted by Gasteiger charge is 2.35. The van der Waals surface area contributed by atoms with Crippen LogP contribution in [0.25, 0.3) is 0 Å². The third-order valence-corrected chi connectivity index (χ3v) is 7.27. The van der Waals surface area contributed by atoms with Gasteiger partial charge in [0.25, 0.3) is 5.91 Å². The number of anilines is 1. The van der Waals surface area contributed by atoms with E-state index in [1.807, 2.05) is 43.9 Å². The van der Waals surface area contributed by atoms with E-state index in [4.69, 9.17) is 0 Å². The molecule has 2 aromatic carbocycles. The summed E-state index contributed by atoms with van der Waals surface area (Å²) < 4.78 is 41.7. The summed E-state index contributed by atoms with van der Waals surface area (Å²) in [6.07, 6.45) is -3.02. The Kier molecular flexibility index (Phi) is 12.2. The van der Waals surface area contributed by atoms with Crippen molar-refractivity contribution in [3.63, 3.8) is 0 Å². The number of hydrogen-bond donors (Lipinski definition) is 2. The number of piperidine rings is 1. The average molecular weight is 561 g/mol. The molecule has 0 bridgehead atoms. The molecule has 1 heterocycles. The summed E-state index contributed by atoms with van der Waals surface area (Å²) in [6, 6.07) is 12.5. The molecular formula is C31H43F3N4O2. The molecule has 6 nitrogen and oxygen atoms in total. The van der Waals surface area contributed by atoms with Gasteiger partial charge in [0.1, 0.15) is 0 Å². The number of halogens is 3. The van der Waals surface area contributed by atoms with E-state index in [2.05, 4.69) is 41.2 Å². The normalized spacial score (nSPS) is 17.3. The van der Waals surface area contributed by atoms with E-state index >= 15 is 0 Å². The standard InChI is InChI=1S/C29H37F3N4O2.C2H6/c1-6-36(24-12-13-35(20(3)14-24)18-22-10-8-7-9-11-22)26-16-23(29(30,31)32)15-25(21(26)4)28(38)34-17-19(2)27(37)33-5;1-2/h7-11,15-16,20,24H,2,6,12-14,17-18H2,1,3-5H3,(H,33,37)(H,34,38);1-2H3. The predicted octanol–water partition coefficient (Wildman–Crippen LogP) is 5.95. The molecule has 1 fully saturated rings. The Bertz CT molecular complexity index is 1150. The van der Waals surface area contributed by atoms with Gasteiger partial charge in [0.15, 0.2) is 0 Å². The number of alkyl halides is 3. The van der Waals surface area contributed by atoms with Crippen molar-refractivity contribution in [3.8, 4) is 0 Å². The zero-order valence-corrected chi connectivity index (χ0v) is 24.5. The van der Waals surface area contributed by atoms with Crippen molar-refractivity contribution in [3.05, 3.63) is 76.9 Å². The Morgan fingerprint density at radius 3 is 2.35 bits per heavy atom. The molecule has 2 N–H and O–H groups in total. The van der Waals surface area contributed by atoms with Crippen LogP contribution in [0.1, 0.15) is 67.6 Å². The number of hydrogen-bond acceptors (Lipinski definition) is 4. The lowest BCUT2D eigenvalue weighted by molar-refractivity contribution is -0.137. The second kappa shape index (κ2) is 14.9. The minimum atomic E-state index is -4.62. The number of carbonyl (C=O) groups is 2.